The molecule has 0 aliphatic heterocycles. The summed E-state index contributed by atoms with van der Waals surface area (Å²) >= 11 is 18.6. The lowest BCUT2D eigenvalue weighted by Crippen LogP contribution is -2.55. The van der Waals surface area contributed by atoms with E-state index in [1.165, 1.54) is 11.0 Å². The third-order valence-electron chi connectivity index (χ3n) is 7.45. The molecule has 0 aromatic heterocycles. The van der Waals surface area contributed by atoms with Crippen molar-refractivity contribution >= 4 is 62.3 Å². The Hall–Kier alpha value is -2.85. The van der Waals surface area contributed by atoms with Gasteiger partial charge in [0.2, 0.25) is 21.8 Å². The third kappa shape index (κ3) is 9.08. The minimum absolute atomic E-state index is 0.0120. The molecule has 1 aliphatic rings. The molecule has 230 valence electrons. The largest absolute Gasteiger partial charge is 0.352 e. The van der Waals surface area contributed by atoms with E-state index in [4.69, 9.17) is 34.8 Å². The van der Waals surface area contributed by atoms with E-state index in [2.05, 4.69) is 5.32 Å². The Balaban J connectivity index is 1.75. The molecular weight excluding hydrogens is 636 g/mol. The van der Waals surface area contributed by atoms with Crippen LogP contribution in [0.25, 0.3) is 0 Å². The number of sulfonamides is 1. The van der Waals surface area contributed by atoms with Crippen LogP contribution in [0.2, 0.25) is 15.1 Å². The number of benzene rings is 3. The van der Waals surface area contributed by atoms with Gasteiger partial charge in [0.1, 0.15) is 18.4 Å². The highest BCUT2D eigenvalue weighted by Crippen LogP contribution is 2.27. The second-order valence-electron chi connectivity index (χ2n) is 10.7. The van der Waals surface area contributed by atoms with Crippen molar-refractivity contribution in [3.8, 4) is 0 Å². The van der Waals surface area contributed by atoms with Gasteiger partial charge in [0.05, 0.1) is 17.0 Å². The number of anilines is 1. The van der Waals surface area contributed by atoms with Crippen molar-refractivity contribution in [1.29, 1.82) is 0 Å². The predicted octanol–water partition coefficient (Wildman–Crippen LogP) is 6.64. The molecule has 0 heterocycles. The minimum Gasteiger partial charge on any atom is -0.352 e. The predicted molar refractivity (Wildman–Crippen MR) is 170 cm³/mol. The van der Waals surface area contributed by atoms with E-state index in [1.54, 1.807) is 18.2 Å². The molecule has 12 heteroatoms. The standard InChI is InChI=1S/C31H33Cl3FN3O4S/c1-43(41,42)38(25-14-15-28(35)27(34)18-25)20-30(39)37(19-22-12-13-23(32)17-26(22)33)29(16-21-8-4-2-5-9-21)31(40)36-24-10-6-3-7-11-24/h2,4-5,8-9,12-15,17-18,24,29H,3,6-7,10-11,16,19-20H2,1H3,(H,36,40)/t29-/m1/s1. The summed E-state index contributed by atoms with van der Waals surface area (Å²) in [5.41, 5.74) is 1.35. The zero-order valence-corrected chi connectivity index (χ0v) is 26.7. The molecule has 0 unspecified atom stereocenters. The van der Waals surface area contributed by atoms with Gasteiger partial charge in [-0.25, -0.2) is 12.8 Å². The van der Waals surface area contributed by atoms with Crippen LogP contribution in [-0.2, 0) is 32.6 Å². The molecule has 1 aliphatic carbocycles. The molecule has 43 heavy (non-hydrogen) atoms. The first kappa shape index (κ1) is 33.1. The van der Waals surface area contributed by atoms with Crippen molar-refractivity contribution in [2.75, 3.05) is 17.1 Å². The number of carbonyl (C=O) groups is 2. The Labute approximate surface area is 267 Å². The van der Waals surface area contributed by atoms with E-state index < -0.39 is 34.3 Å². The van der Waals surface area contributed by atoms with Gasteiger partial charge >= 0.3 is 0 Å². The van der Waals surface area contributed by atoms with Gasteiger partial charge in [-0.3, -0.25) is 13.9 Å². The molecule has 0 spiro atoms. The van der Waals surface area contributed by atoms with Gasteiger partial charge < -0.3 is 10.2 Å². The number of nitrogens with one attached hydrogen (secondary N) is 1. The highest BCUT2D eigenvalue weighted by molar-refractivity contribution is 7.92. The third-order valence-corrected chi connectivity index (χ3v) is 9.47. The van der Waals surface area contributed by atoms with E-state index in [0.717, 1.165) is 60.4 Å². The van der Waals surface area contributed by atoms with Crippen LogP contribution in [0.5, 0.6) is 0 Å². The molecule has 4 rings (SSSR count). The number of carbonyl (C=O) groups excluding carboxylic acids is 2. The zero-order valence-electron chi connectivity index (χ0n) is 23.6. The number of amides is 2. The van der Waals surface area contributed by atoms with Crippen molar-refractivity contribution < 1.29 is 22.4 Å². The van der Waals surface area contributed by atoms with Gasteiger partial charge in [-0.05, 0) is 54.3 Å². The first-order valence-corrected chi connectivity index (χ1v) is 16.9. The fourth-order valence-electron chi connectivity index (χ4n) is 5.19. The fourth-order valence-corrected chi connectivity index (χ4v) is 6.67. The van der Waals surface area contributed by atoms with E-state index in [9.17, 15) is 22.4 Å². The number of rotatable bonds is 11. The summed E-state index contributed by atoms with van der Waals surface area (Å²) in [7, 11) is -4.03. The molecule has 2 amide bonds. The summed E-state index contributed by atoms with van der Waals surface area (Å²) < 4.78 is 40.5. The molecular formula is C31H33Cl3FN3O4S. The van der Waals surface area contributed by atoms with Crippen LogP contribution in [-0.4, -0.2) is 50.0 Å². The van der Waals surface area contributed by atoms with Crippen LogP contribution < -0.4 is 9.62 Å². The smallest absolute Gasteiger partial charge is 0.244 e. The van der Waals surface area contributed by atoms with Crippen molar-refractivity contribution in [3.63, 3.8) is 0 Å². The van der Waals surface area contributed by atoms with Gasteiger partial charge in [0.25, 0.3) is 0 Å². The fraction of sp³-hybridized carbons (Fsp3) is 0.355. The molecule has 3 aromatic carbocycles. The molecule has 0 bridgehead atoms. The summed E-state index contributed by atoms with van der Waals surface area (Å²) in [5, 5.41) is 3.54. The molecule has 1 N–H and O–H groups in total. The van der Waals surface area contributed by atoms with Crippen LogP contribution in [0.4, 0.5) is 10.1 Å². The van der Waals surface area contributed by atoms with E-state index >= 15 is 0 Å². The molecule has 0 saturated heterocycles. The zero-order chi connectivity index (χ0) is 31.1. The van der Waals surface area contributed by atoms with Crippen LogP contribution in [0, 0.1) is 5.82 Å². The Morgan fingerprint density at radius 1 is 0.953 bits per heavy atom. The maximum atomic E-state index is 14.2. The average molecular weight is 669 g/mol. The topological polar surface area (TPSA) is 86.8 Å². The molecule has 7 nitrogen and oxygen atoms in total. The monoisotopic (exact) mass is 667 g/mol. The van der Waals surface area contributed by atoms with Crippen molar-refractivity contribution in [2.24, 2.45) is 0 Å². The summed E-state index contributed by atoms with van der Waals surface area (Å²) in [6.45, 7) is -0.750. The molecule has 1 fully saturated rings. The van der Waals surface area contributed by atoms with Crippen LogP contribution in [0.15, 0.2) is 66.7 Å². The minimum atomic E-state index is -4.03. The Morgan fingerprint density at radius 2 is 1.65 bits per heavy atom. The second-order valence-corrected chi connectivity index (χ2v) is 13.8. The molecule has 1 saturated carbocycles. The first-order valence-electron chi connectivity index (χ1n) is 13.9. The molecule has 3 aromatic rings. The molecule has 0 radical (unpaired) electrons. The number of hydrogen-bond donors (Lipinski definition) is 1. The van der Waals surface area contributed by atoms with E-state index in [1.807, 2.05) is 30.3 Å². The lowest BCUT2D eigenvalue weighted by molar-refractivity contribution is -0.140. The van der Waals surface area contributed by atoms with Gasteiger partial charge in [-0.1, -0.05) is 90.5 Å². The number of halogens is 4. The van der Waals surface area contributed by atoms with Crippen LogP contribution in [0.3, 0.4) is 0 Å². The summed E-state index contributed by atoms with van der Waals surface area (Å²) in [6, 6.07) is 16.5. The lowest BCUT2D eigenvalue weighted by Gasteiger charge is -2.35. The summed E-state index contributed by atoms with van der Waals surface area (Å²) in [6.07, 6.45) is 5.91. The second kappa shape index (κ2) is 14.8. The van der Waals surface area contributed by atoms with Gasteiger partial charge in [-0.2, -0.15) is 0 Å². The highest BCUT2D eigenvalue weighted by Gasteiger charge is 2.34. The van der Waals surface area contributed by atoms with Gasteiger partial charge in [0.15, 0.2) is 0 Å². The van der Waals surface area contributed by atoms with Gasteiger partial charge in [-0.15, -0.1) is 0 Å². The molecule has 1 atom stereocenters. The number of hydrogen-bond acceptors (Lipinski definition) is 4. The Kier molecular flexibility index (Phi) is 11.3. The maximum Gasteiger partial charge on any atom is 0.244 e. The van der Waals surface area contributed by atoms with Crippen molar-refractivity contribution in [3.05, 3.63) is 98.7 Å². The van der Waals surface area contributed by atoms with Gasteiger partial charge in [0, 0.05) is 29.1 Å². The normalized spacial score (nSPS) is 14.6. The quantitative estimate of drug-likeness (QED) is 0.248. The Morgan fingerprint density at radius 3 is 2.28 bits per heavy atom. The van der Waals surface area contributed by atoms with Crippen LogP contribution >= 0.6 is 34.8 Å². The van der Waals surface area contributed by atoms with E-state index in [-0.39, 0.29) is 35.6 Å². The van der Waals surface area contributed by atoms with Crippen molar-refractivity contribution in [2.45, 2.75) is 57.2 Å². The van der Waals surface area contributed by atoms with Crippen LogP contribution in [0.1, 0.15) is 43.2 Å². The average Bonchev–Trinajstić information content (AvgIpc) is 2.96. The summed E-state index contributed by atoms with van der Waals surface area (Å²) in [5.74, 6) is -1.73. The van der Waals surface area contributed by atoms with E-state index in [0.29, 0.717) is 15.6 Å². The Bertz CT molecular complexity index is 1550. The SMILES string of the molecule is CS(=O)(=O)N(CC(=O)N(Cc1ccc(Cl)cc1Cl)[C@H](Cc1ccccc1)C(=O)NC1CCCCC1)c1ccc(F)c(Cl)c1. The lowest BCUT2D eigenvalue weighted by atomic mass is 9.94. The number of nitrogens with zero attached hydrogens (tertiary/aromatic N) is 2. The highest BCUT2D eigenvalue weighted by atomic mass is 35.5. The maximum absolute atomic E-state index is 14.2. The first-order chi connectivity index (χ1) is 20.4. The summed E-state index contributed by atoms with van der Waals surface area (Å²) in [4.78, 5) is 29.5. The van der Waals surface area contributed by atoms with Crippen molar-refractivity contribution in [1.82, 2.24) is 10.2 Å².